The molecule has 1 amide bonds. The summed E-state index contributed by atoms with van der Waals surface area (Å²) in [6.07, 6.45) is 0.204. The number of nitrogens with one attached hydrogen (secondary N) is 1. The van der Waals surface area contributed by atoms with Crippen molar-refractivity contribution in [1.29, 1.82) is 0 Å². The van der Waals surface area contributed by atoms with Gasteiger partial charge < -0.3 is 19.5 Å². The Kier molecular flexibility index (Phi) is 11.0. The molecular weight excluding hydrogens is 448 g/mol. The third kappa shape index (κ3) is 9.91. The first kappa shape index (κ1) is 28.6. The molecule has 1 N–H and O–H groups in total. The number of carbonyl (C=O) groups is 4. The third-order valence-electron chi connectivity index (χ3n) is 4.60. The Hall–Kier alpha value is -2.46. The van der Waals surface area contributed by atoms with Crippen LogP contribution in [0.1, 0.15) is 62.0 Å². The van der Waals surface area contributed by atoms with Crippen molar-refractivity contribution in [3.8, 4) is 0 Å². The third-order valence-corrected chi connectivity index (χ3v) is 5.65. The molecule has 0 aliphatic rings. The van der Waals surface area contributed by atoms with Gasteiger partial charge in [0.2, 0.25) is 5.91 Å². The second kappa shape index (κ2) is 12.7. The number of rotatable bonds is 11. The van der Waals surface area contributed by atoms with E-state index in [-0.39, 0.29) is 18.3 Å². The molecule has 9 nitrogen and oxygen atoms in total. The Morgan fingerprint density at radius 1 is 1.09 bits per heavy atom. The first-order chi connectivity index (χ1) is 15.3. The van der Waals surface area contributed by atoms with E-state index in [2.05, 4.69) is 10.1 Å². The van der Waals surface area contributed by atoms with E-state index >= 15 is 0 Å². The van der Waals surface area contributed by atoms with Crippen LogP contribution in [0.15, 0.2) is 12.1 Å². The lowest BCUT2D eigenvalue weighted by atomic mass is 10.0. The number of hydrogen-bond acceptors (Lipinski definition) is 9. The Morgan fingerprint density at radius 3 is 2.24 bits per heavy atom. The number of likely N-dealkylation sites (N-methyl/N-ethyl adjacent to an activating group) is 1. The smallest absolute Gasteiger partial charge is 0.348 e. The molecule has 186 valence electrons. The molecule has 0 unspecified atom stereocenters. The molecule has 0 aromatic carbocycles. The second-order valence-electron chi connectivity index (χ2n) is 9.19. The summed E-state index contributed by atoms with van der Waals surface area (Å²) < 4.78 is 14.7. The average Bonchev–Trinajstić information content (AvgIpc) is 3.17. The summed E-state index contributed by atoms with van der Waals surface area (Å²) >= 11 is 1.31. The Morgan fingerprint density at radius 2 is 1.73 bits per heavy atom. The quantitative estimate of drug-likeness (QED) is 0.377. The highest BCUT2D eigenvalue weighted by Gasteiger charge is 2.31. The monoisotopic (exact) mass is 484 g/mol. The summed E-state index contributed by atoms with van der Waals surface area (Å²) in [5.41, 5.74) is -0.584. The van der Waals surface area contributed by atoms with Crippen molar-refractivity contribution < 1.29 is 33.4 Å². The summed E-state index contributed by atoms with van der Waals surface area (Å²) in [5, 5.41) is 2.63. The predicted octanol–water partition coefficient (Wildman–Crippen LogP) is 2.77. The lowest BCUT2D eigenvalue weighted by Gasteiger charge is -2.29. The van der Waals surface area contributed by atoms with Gasteiger partial charge in [-0.15, -0.1) is 11.3 Å². The molecule has 0 fully saturated rings. The minimum atomic E-state index is -1.14. The molecule has 2 atom stereocenters. The highest BCUT2D eigenvalue weighted by atomic mass is 32.1. The van der Waals surface area contributed by atoms with Crippen LogP contribution in [0.2, 0.25) is 0 Å². The lowest BCUT2D eigenvalue weighted by Crippen LogP contribution is -2.51. The number of esters is 3. The number of nitrogens with zero attached hydrogens (tertiary/aromatic N) is 1. The fourth-order valence-corrected chi connectivity index (χ4v) is 3.99. The minimum absolute atomic E-state index is 0.195. The molecule has 1 aromatic rings. The number of hydrogen-bond donors (Lipinski definition) is 1. The maximum absolute atomic E-state index is 13.1. The van der Waals surface area contributed by atoms with Gasteiger partial charge in [0.15, 0.2) is 0 Å². The van der Waals surface area contributed by atoms with E-state index in [1.54, 1.807) is 13.1 Å². The van der Waals surface area contributed by atoms with E-state index in [0.717, 1.165) is 4.88 Å². The van der Waals surface area contributed by atoms with Crippen LogP contribution >= 0.6 is 11.3 Å². The average molecular weight is 485 g/mol. The fourth-order valence-electron chi connectivity index (χ4n) is 3.04. The van der Waals surface area contributed by atoms with Crippen LogP contribution in [0.3, 0.4) is 0 Å². The Balaban J connectivity index is 2.96. The number of amides is 1. The van der Waals surface area contributed by atoms with Crippen LogP contribution < -0.4 is 5.32 Å². The molecule has 0 saturated heterocycles. The fraction of sp³-hybridized carbons (Fsp3) is 0.652. The van der Waals surface area contributed by atoms with Crippen LogP contribution in [0.5, 0.6) is 0 Å². The summed E-state index contributed by atoms with van der Waals surface area (Å²) in [4.78, 5) is 52.4. The van der Waals surface area contributed by atoms with E-state index in [4.69, 9.17) is 9.47 Å². The van der Waals surface area contributed by atoms with Crippen molar-refractivity contribution in [3.05, 3.63) is 21.9 Å². The molecule has 0 radical (unpaired) electrons. The summed E-state index contributed by atoms with van der Waals surface area (Å²) in [6, 6.07) is 1.84. The maximum atomic E-state index is 13.1. The highest BCUT2D eigenvalue weighted by Crippen LogP contribution is 2.23. The zero-order valence-electron chi connectivity index (χ0n) is 20.7. The zero-order valence-corrected chi connectivity index (χ0v) is 21.5. The molecule has 1 heterocycles. The molecule has 10 heteroatoms. The van der Waals surface area contributed by atoms with Gasteiger partial charge in [0, 0.05) is 11.4 Å². The minimum Gasteiger partial charge on any atom is -0.469 e. The first-order valence-corrected chi connectivity index (χ1v) is 11.6. The van der Waals surface area contributed by atoms with Crippen LogP contribution in [0.4, 0.5) is 0 Å². The van der Waals surface area contributed by atoms with Gasteiger partial charge in [-0.1, -0.05) is 13.8 Å². The van der Waals surface area contributed by atoms with Gasteiger partial charge in [0.25, 0.3) is 0 Å². The second-order valence-corrected chi connectivity index (χ2v) is 10.4. The van der Waals surface area contributed by atoms with Crippen molar-refractivity contribution in [2.45, 2.75) is 71.7 Å². The normalized spacial score (nSPS) is 13.4. The van der Waals surface area contributed by atoms with Crippen LogP contribution in [0.25, 0.3) is 0 Å². The van der Waals surface area contributed by atoms with Gasteiger partial charge >= 0.3 is 17.9 Å². The molecule has 0 bridgehead atoms. The maximum Gasteiger partial charge on any atom is 0.348 e. The number of methoxy groups -OCH3 is 2. The van der Waals surface area contributed by atoms with Crippen molar-refractivity contribution in [2.75, 3.05) is 21.3 Å². The van der Waals surface area contributed by atoms with Crippen molar-refractivity contribution in [2.24, 2.45) is 5.92 Å². The number of carbonyl (C=O) groups excluding carboxylic acids is 4. The molecule has 0 aliphatic carbocycles. The largest absolute Gasteiger partial charge is 0.469 e. The standard InChI is InChI=1S/C23H36N2O7S/c1-14(2)11-17(20(27)24-16(21(28)31-8)12-19(26)30-7)25(6)13-15-9-10-18(33-15)22(29)32-23(3,4)5/h9-10,14,16-17H,11-13H2,1-8H3,(H,24,27)/t16-,17-/m0/s1. The Labute approximate surface area is 199 Å². The van der Waals surface area contributed by atoms with Gasteiger partial charge in [-0.25, -0.2) is 9.59 Å². The van der Waals surface area contributed by atoms with Gasteiger partial charge in [-0.2, -0.15) is 0 Å². The van der Waals surface area contributed by atoms with E-state index in [0.29, 0.717) is 17.8 Å². The molecule has 33 heavy (non-hydrogen) atoms. The number of thiophene rings is 1. The summed E-state index contributed by atoms with van der Waals surface area (Å²) in [6.45, 7) is 9.83. The van der Waals surface area contributed by atoms with Crippen molar-refractivity contribution in [1.82, 2.24) is 10.2 Å². The van der Waals surface area contributed by atoms with Crippen LogP contribution in [0, 0.1) is 5.92 Å². The van der Waals surface area contributed by atoms with Crippen molar-refractivity contribution in [3.63, 3.8) is 0 Å². The van der Waals surface area contributed by atoms with Gasteiger partial charge in [0.1, 0.15) is 16.5 Å². The first-order valence-electron chi connectivity index (χ1n) is 10.7. The molecular formula is C23H36N2O7S. The van der Waals surface area contributed by atoms with Gasteiger partial charge in [-0.3, -0.25) is 14.5 Å². The van der Waals surface area contributed by atoms with E-state index in [1.807, 2.05) is 45.6 Å². The molecule has 1 aromatic heterocycles. The summed E-state index contributed by atoms with van der Waals surface area (Å²) in [5.74, 6) is -1.94. The molecule has 0 spiro atoms. The SMILES string of the molecule is COC(=O)C[C@H](NC(=O)[C@H](CC(C)C)N(C)Cc1ccc(C(=O)OC(C)(C)C)s1)C(=O)OC. The van der Waals surface area contributed by atoms with Crippen LogP contribution in [-0.2, 0) is 35.1 Å². The summed E-state index contributed by atoms with van der Waals surface area (Å²) in [7, 11) is 4.20. The topological polar surface area (TPSA) is 111 Å². The highest BCUT2D eigenvalue weighted by molar-refractivity contribution is 7.13. The van der Waals surface area contributed by atoms with Crippen molar-refractivity contribution >= 4 is 35.2 Å². The zero-order chi connectivity index (χ0) is 25.3. The molecule has 0 saturated carbocycles. The van der Waals surface area contributed by atoms with Gasteiger partial charge in [0.05, 0.1) is 26.7 Å². The van der Waals surface area contributed by atoms with E-state index in [9.17, 15) is 19.2 Å². The molecule has 1 rings (SSSR count). The van der Waals surface area contributed by atoms with Crippen LogP contribution in [-0.4, -0.2) is 67.7 Å². The Bertz CT molecular complexity index is 829. The van der Waals surface area contributed by atoms with Gasteiger partial charge in [-0.05, 0) is 52.3 Å². The predicted molar refractivity (Wildman–Crippen MR) is 125 cm³/mol. The van der Waals surface area contributed by atoms with E-state index < -0.39 is 35.5 Å². The molecule has 0 aliphatic heterocycles. The number of ether oxygens (including phenoxy) is 3. The lowest BCUT2D eigenvalue weighted by molar-refractivity contribution is -0.151. The van der Waals surface area contributed by atoms with E-state index in [1.165, 1.54) is 25.6 Å².